The van der Waals surface area contributed by atoms with E-state index in [4.69, 9.17) is 4.74 Å². The lowest BCUT2D eigenvalue weighted by molar-refractivity contribution is -0.156. The average molecular weight is 451 g/mol. The van der Waals surface area contributed by atoms with Crippen molar-refractivity contribution in [3.63, 3.8) is 0 Å². The van der Waals surface area contributed by atoms with Crippen LogP contribution in [0.15, 0.2) is 47.0 Å². The molecule has 0 N–H and O–H groups in total. The van der Waals surface area contributed by atoms with Gasteiger partial charge in [0.1, 0.15) is 5.82 Å². The second kappa shape index (κ2) is 8.91. The zero-order valence-corrected chi connectivity index (χ0v) is 16.5. The van der Waals surface area contributed by atoms with Crippen LogP contribution in [0.25, 0.3) is 11.5 Å². The standard InChI is InChI=1S/C20H17F4N5O3/c21-14-2-5-16(6-3-14)29(19(30)28-7-9-31-10-8-28)12-15-4-1-13(11-25-15)17-26-27-18(32-17)20(22,23)24/h1-6,11H,7-10,12H2. The molecule has 2 aromatic heterocycles. The summed E-state index contributed by atoms with van der Waals surface area (Å²) in [5.41, 5.74) is 1.13. The number of ether oxygens (including phenoxy) is 1. The third-order valence-corrected chi connectivity index (χ3v) is 4.71. The van der Waals surface area contributed by atoms with Crippen LogP contribution < -0.4 is 4.90 Å². The molecule has 1 aliphatic heterocycles. The van der Waals surface area contributed by atoms with Crippen molar-refractivity contribution < 1.29 is 31.5 Å². The van der Waals surface area contributed by atoms with Gasteiger partial charge in [-0.3, -0.25) is 9.88 Å². The molecule has 0 bridgehead atoms. The Hall–Kier alpha value is -3.54. The number of pyridine rings is 1. The molecule has 0 aliphatic carbocycles. The van der Waals surface area contributed by atoms with Crippen molar-refractivity contribution in [1.29, 1.82) is 0 Å². The highest BCUT2D eigenvalue weighted by Gasteiger charge is 2.38. The normalized spacial score (nSPS) is 14.4. The van der Waals surface area contributed by atoms with Gasteiger partial charge in [0, 0.05) is 25.0 Å². The van der Waals surface area contributed by atoms with E-state index in [0.29, 0.717) is 37.7 Å². The van der Waals surface area contributed by atoms with E-state index in [1.54, 1.807) is 4.90 Å². The quantitative estimate of drug-likeness (QED) is 0.562. The van der Waals surface area contributed by atoms with Gasteiger partial charge in [-0.15, -0.1) is 10.2 Å². The summed E-state index contributed by atoms with van der Waals surface area (Å²) in [4.78, 5) is 20.4. The lowest BCUT2D eigenvalue weighted by Crippen LogP contribution is -2.48. The number of hydrogen-bond acceptors (Lipinski definition) is 6. The van der Waals surface area contributed by atoms with Gasteiger partial charge < -0.3 is 14.1 Å². The molecule has 1 aliphatic rings. The fourth-order valence-corrected chi connectivity index (χ4v) is 3.08. The number of amides is 2. The number of halogens is 4. The Bertz CT molecular complexity index is 1060. The average Bonchev–Trinajstić information content (AvgIpc) is 3.30. The molecule has 12 heteroatoms. The summed E-state index contributed by atoms with van der Waals surface area (Å²) in [5.74, 6) is -2.21. The molecule has 0 unspecified atom stereocenters. The molecule has 3 aromatic rings. The fraction of sp³-hybridized carbons (Fsp3) is 0.300. The summed E-state index contributed by atoms with van der Waals surface area (Å²) in [7, 11) is 0. The number of alkyl halides is 3. The number of rotatable bonds is 4. The van der Waals surface area contributed by atoms with Gasteiger partial charge in [-0.2, -0.15) is 13.2 Å². The Morgan fingerprint density at radius 2 is 1.78 bits per heavy atom. The van der Waals surface area contributed by atoms with Crippen LogP contribution in [0.5, 0.6) is 0 Å². The molecule has 1 saturated heterocycles. The number of anilines is 1. The van der Waals surface area contributed by atoms with Crippen molar-refractivity contribution in [2.24, 2.45) is 0 Å². The fourth-order valence-electron chi connectivity index (χ4n) is 3.08. The first-order valence-corrected chi connectivity index (χ1v) is 9.57. The molecule has 0 radical (unpaired) electrons. The van der Waals surface area contributed by atoms with E-state index in [1.807, 2.05) is 0 Å². The van der Waals surface area contributed by atoms with Crippen LogP contribution in [0.3, 0.4) is 0 Å². The van der Waals surface area contributed by atoms with Gasteiger partial charge in [0.2, 0.25) is 5.89 Å². The lowest BCUT2D eigenvalue weighted by atomic mass is 10.2. The van der Waals surface area contributed by atoms with Crippen molar-refractivity contribution in [2.75, 3.05) is 31.2 Å². The van der Waals surface area contributed by atoms with E-state index >= 15 is 0 Å². The first-order valence-electron chi connectivity index (χ1n) is 9.57. The van der Waals surface area contributed by atoms with E-state index in [-0.39, 0.29) is 24.0 Å². The molecule has 8 nitrogen and oxygen atoms in total. The van der Waals surface area contributed by atoms with Gasteiger partial charge >= 0.3 is 18.1 Å². The van der Waals surface area contributed by atoms with Crippen LogP contribution in [0.4, 0.5) is 28.0 Å². The summed E-state index contributed by atoms with van der Waals surface area (Å²) in [5, 5.41) is 6.38. The number of morpholine rings is 1. The van der Waals surface area contributed by atoms with E-state index < -0.39 is 17.9 Å². The maximum Gasteiger partial charge on any atom is 0.470 e. The molecule has 0 saturated carbocycles. The molecular weight excluding hydrogens is 434 g/mol. The van der Waals surface area contributed by atoms with Crippen molar-refractivity contribution in [3.8, 4) is 11.5 Å². The number of carbonyl (C=O) groups excluding carboxylic acids is 1. The molecule has 168 valence electrons. The smallest absolute Gasteiger partial charge is 0.413 e. The van der Waals surface area contributed by atoms with Crippen LogP contribution in [-0.2, 0) is 17.5 Å². The number of hydrogen-bond donors (Lipinski definition) is 0. The zero-order chi connectivity index (χ0) is 22.7. The highest BCUT2D eigenvalue weighted by molar-refractivity contribution is 5.92. The summed E-state index contributed by atoms with van der Waals surface area (Å²) in [6.45, 7) is 1.73. The molecule has 4 rings (SSSR count). The Labute approximate surface area is 179 Å². The summed E-state index contributed by atoms with van der Waals surface area (Å²) < 4.78 is 61.3. The summed E-state index contributed by atoms with van der Waals surface area (Å²) >= 11 is 0. The molecule has 1 fully saturated rings. The van der Waals surface area contributed by atoms with Gasteiger partial charge in [-0.1, -0.05) is 0 Å². The van der Waals surface area contributed by atoms with E-state index in [1.165, 1.54) is 47.5 Å². The molecular formula is C20H17F4N5O3. The van der Waals surface area contributed by atoms with Gasteiger partial charge in [0.05, 0.1) is 31.0 Å². The summed E-state index contributed by atoms with van der Waals surface area (Å²) in [6.07, 6.45) is -3.46. The molecule has 32 heavy (non-hydrogen) atoms. The van der Waals surface area contributed by atoms with E-state index in [0.717, 1.165) is 0 Å². The molecule has 3 heterocycles. The predicted octanol–water partition coefficient (Wildman–Crippen LogP) is 3.75. The third kappa shape index (κ3) is 4.85. The van der Waals surface area contributed by atoms with Gasteiger partial charge in [-0.25, -0.2) is 9.18 Å². The minimum absolute atomic E-state index is 0.0553. The van der Waals surface area contributed by atoms with E-state index in [2.05, 4.69) is 19.6 Å². The second-order valence-electron chi connectivity index (χ2n) is 6.89. The Balaban J connectivity index is 1.55. The Kier molecular flexibility index (Phi) is 6.04. The second-order valence-corrected chi connectivity index (χ2v) is 6.89. The monoisotopic (exact) mass is 451 g/mol. The van der Waals surface area contributed by atoms with Crippen LogP contribution in [0, 0.1) is 5.82 Å². The Morgan fingerprint density at radius 1 is 1.06 bits per heavy atom. The minimum atomic E-state index is -4.74. The number of aromatic nitrogens is 3. The van der Waals surface area contributed by atoms with Crippen molar-refractivity contribution >= 4 is 11.7 Å². The molecule has 0 spiro atoms. The topological polar surface area (TPSA) is 84.6 Å². The molecule has 0 atom stereocenters. The highest BCUT2D eigenvalue weighted by atomic mass is 19.4. The SMILES string of the molecule is O=C(N1CCOCC1)N(Cc1ccc(-c2nnc(C(F)(F)F)o2)cn1)c1ccc(F)cc1. The van der Waals surface area contributed by atoms with Gasteiger partial charge in [-0.05, 0) is 36.4 Å². The zero-order valence-electron chi connectivity index (χ0n) is 16.5. The van der Waals surface area contributed by atoms with Crippen molar-refractivity contribution in [1.82, 2.24) is 20.1 Å². The maximum absolute atomic E-state index is 13.4. The number of carbonyl (C=O) groups is 1. The largest absolute Gasteiger partial charge is 0.470 e. The van der Waals surface area contributed by atoms with Crippen molar-refractivity contribution in [2.45, 2.75) is 12.7 Å². The van der Waals surface area contributed by atoms with E-state index in [9.17, 15) is 22.4 Å². The maximum atomic E-state index is 13.4. The van der Waals surface area contributed by atoms with Gasteiger partial charge in [0.15, 0.2) is 0 Å². The third-order valence-electron chi connectivity index (χ3n) is 4.71. The number of nitrogens with zero attached hydrogens (tertiary/aromatic N) is 5. The van der Waals surface area contributed by atoms with Gasteiger partial charge in [0.25, 0.3) is 0 Å². The molecule has 1 aromatic carbocycles. The predicted molar refractivity (Wildman–Crippen MR) is 103 cm³/mol. The Morgan fingerprint density at radius 3 is 2.38 bits per heavy atom. The van der Waals surface area contributed by atoms with Crippen LogP contribution in [0.1, 0.15) is 11.6 Å². The van der Waals surface area contributed by atoms with Crippen LogP contribution in [-0.4, -0.2) is 52.4 Å². The number of urea groups is 1. The number of benzene rings is 1. The first-order chi connectivity index (χ1) is 15.3. The lowest BCUT2D eigenvalue weighted by Gasteiger charge is -2.33. The summed E-state index contributed by atoms with van der Waals surface area (Å²) in [6, 6.07) is 8.18. The van der Waals surface area contributed by atoms with Crippen molar-refractivity contribution in [3.05, 3.63) is 60.0 Å². The van der Waals surface area contributed by atoms with Crippen LogP contribution >= 0.6 is 0 Å². The minimum Gasteiger partial charge on any atom is -0.413 e. The van der Waals surface area contributed by atoms with Crippen LogP contribution in [0.2, 0.25) is 0 Å². The highest BCUT2D eigenvalue weighted by Crippen LogP contribution is 2.30. The first kappa shape index (κ1) is 21.7. The molecule has 2 amide bonds.